The fraction of sp³-hybridized carbons (Fsp3) is 0.583. The Morgan fingerprint density at radius 3 is 2.88 bits per heavy atom. The minimum absolute atomic E-state index is 0.508. The number of nitriles is 1. The van der Waals surface area contributed by atoms with Crippen molar-refractivity contribution in [3.8, 4) is 6.07 Å². The average Bonchev–Trinajstić information content (AvgIpc) is 3.19. The molecule has 1 aromatic rings. The third-order valence-corrected chi connectivity index (χ3v) is 2.88. The highest BCUT2D eigenvalue weighted by molar-refractivity contribution is 5.49. The monoisotopic (exact) mass is 231 g/mol. The van der Waals surface area contributed by atoms with Gasteiger partial charge in [0.15, 0.2) is 0 Å². The van der Waals surface area contributed by atoms with Crippen LogP contribution in [0.5, 0.6) is 0 Å². The molecule has 0 aromatic carbocycles. The summed E-state index contributed by atoms with van der Waals surface area (Å²) < 4.78 is 0. The van der Waals surface area contributed by atoms with E-state index in [0.29, 0.717) is 18.9 Å². The summed E-state index contributed by atoms with van der Waals surface area (Å²) in [4.78, 5) is 11.0. The SMILES string of the molecule is CNc1cc(N(C)CCC#N)nc(C2CC2)n1. The van der Waals surface area contributed by atoms with Crippen molar-refractivity contribution in [1.29, 1.82) is 5.26 Å². The second-order valence-electron chi connectivity index (χ2n) is 4.32. The predicted molar refractivity (Wildman–Crippen MR) is 67.1 cm³/mol. The summed E-state index contributed by atoms with van der Waals surface area (Å²) in [7, 11) is 3.81. The maximum absolute atomic E-state index is 8.59. The van der Waals surface area contributed by atoms with E-state index in [4.69, 9.17) is 5.26 Å². The highest BCUT2D eigenvalue weighted by atomic mass is 15.2. The average molecular weight is 231 g/mol. The third kappa shape index (κ3) is 2.84. The molecule has 1 N–H and O–H groups in total. The van der Waals surface area contributed by atoms with Gasteiger partial charge in [0.1, 0.15) is 17.5 Å². The molecule has 0 unspecified atom stereocenters. The molecule has 0 bridgehead atoms. The van der Waals surface area contributed by atoms with Crippen molar-refractivity contribution >= 4 is 11.6 Å². The van der Waals surface area contributed by atoms with Crippen LogP contribution in [0, 0.1) is 11.3 Å². The second-order valence-corrected chi connectivity index (χ2v) is 4.32. The zero-order valence-electron chi connectivity index (χ0n) is 10.3. The molecule has 0 atom stereocenters. The van der Waals surface area contributed by atoms with Gasteiger partial charge in [-0.25, -0.2) is 9.97 Å². The lowest BCUT2D eigenvalue weighted by Gasteiger charge is -2.18. The van der Waals surface area contributed by atoms with E-state index in [2.05, 4.69) is 21.4 Å². The van der Waals surface area contributed by atoms with Gasteiger partial charge in [0, 0.05) is 32.6 Å². The molecule has 1 aromatic heterocycles. The molecule has 2 rings (SSSR count). The summed E-state index contributed by atoms with van der Waals surface area (Å²) in [5.74, 6) is 3.20. The van der Waals surface area contributed by atoms with Crippen molar-refractivity contribution in [2.24, 2.45) is 0 Å². The molecule has 1 heterocycles. The Morgan fingerprint density at radius 1 is 1.53 bits per heavy atom. The molecule has 5 nitrogen and oxygen atoms in total. The van der Waals surface area contributed by atoms with Gasteiger partial charge >= 0.3 is 0 Å². The number of hydrogen-bond acceptors (Lipinski definition) is 5. The minimum Gasteiger partial charge on any atom is -0.373 e. The Kier molecular flexibility index (Phi) is 3.43. The first kappa shape index (κ1) is 11.6. The molecule has 5 heteroatoms. The molecule has 0 amide bonds. The quantitative estimate of drug-likeness (QED) is 0.836. The molecule has 1 aliphatic carbocycles. The Balaban J connectivity index is 2.20. The van der Waals surface area contributed by atoms with Crippen LogP contribution in [0.15, 0.2) is 6.07 Å². The first-order valence-corrected chi connectivity index (χ1v) is 5.89. The van der Waals surface area contributed by atoms with E-state index in [9.17, 15) is 0 Å². The van der Waals surface area contributed by atoms with Gasteiger partial charge in [0.25, 0.3) is 0 Å². The van der Waals surface area contributed by atoms with Crippen molar-refractivity contribution in [3.05, 3.63) is 11.9 Å². The summed E-state index contributed by atoms with van der Waals surface area (Å²) in [6.45, 7) is 0.695. The molecule has 0 radical (unpaired) electrons. The van der Waals surface area contributed by atoms with E-state index in [-0.39, 0.29) is 0 Å². The largest absolute Gasteiger partial charge is 0.373 e. The summed E-state index contributed by atoms with van der Waals surface area (Å²) >= 11 is 0. The normalized spacial score (nSPS) is 14.2. The molecule has 17 heavy (non-hydrogen) atoms. The molecule has 1 saturated carbocycles. The Labute approximate surface area is 101 Å². The summed E-state index contributed by atoms with van der Waals surface area (Å²) in [6.07, 6.45) is 2.89. The Hall–Kier alpha value is -1.83. The van der Waals surface area contributed by atoms with Crippen molar-refractivity contribution in [1.82, 2.24) is 9.97 Å². The molecule has 0 aliphatic heterocycles. The van der Waals surface area contributed by atoms with Crippen LogP contribution in [0.25, 0.3) is 0 Å². The lowest BCUT2D eigenvalue weighted by Crippen LogP contribution is -2.20. The molecule has 1 aliphatic rings. The van der Waals surface area contributed by atoms with E-state index in [1.54, 1.807) is 0 Å². The van der Waals surface area contributed by atoms with Crippen LogP contribution in [-0.4, -0.2) is 30.6 Å². The molecular formula is C12H17N5. The van der Waals surface area contributed by atoms with Crippen LogP contribution in [0.3, 0.4) is 0 Å². The van der Waals surface area contributed by atoms with Gasteiger partial charge in [-0.05, 0) is 12.8 Å². The Morgan fingerprint density at radius 2 is 2.29 bits per heavy atom. The maximum atomic E-state index is 8.59. The van der Waals surface area contributed by atoms with Gasteiger partial charge in [0.05, 0.1) is 12.5 Å². The van der Waals surface area contributed by atoms with Gasteiger partial charge in [-0.15, -0.1) is 0 Å². The van der Waals surface area contributed by atoms with E-state index in [1.807, 2.05) is 25.1 Å². The fourth-order valence-corrected chi connectivity index (χ4v) is 1.63. The van der Waals surface area contributed by atoms with Crippen molar-refractivity contribution in [2.45, 2.75) is 25.2 Å². The molecule has 0 saturated heterocycles. The van der Waals surface area contributed by atoms with Gasteiger partial charge in [-0.3, -0.25) is 0 Å². The third-order valence-electron chi connectivity index (χ3n) is 2.88. The molecule has 90 valence electrons. The minimum atomic E-state index is 0.508. The standard InChI is InChI=1S/C12H17N5/c1-14-10-8-11(17(2)7-3-6-13)16-12(15-10)9-4-5-9/h8-9H,3-5,7H2,1-2H3,(H,14,15,16). The highest BCUT2D eigenvalue weighted by Crippen LogP contribution is 2.39. The molecular weight excluding hydrogens is 214 g/mol. The summed E-state index contributed by atoms with van der Waals surface area (Å²) in [6, 6.07) is 4.07. The maximum Gasteiger partial charge on any atom is 0.136 e. The van der Waals surface area contributed by atoms with Crippen LogP contribution in [0.1, 0.15) is 31.0 Å². The van der Waals surface area contributed by atoms with E-state index >= 15 is 0 Å². The van der Waals surface area contributed by atoms with Gasteiger partial charge in [-0.1, -0.05) is 0 Å². The number of aromatic nitrogens is 2. The van der Waals surface area contributed by atoms with Gasteiger partial charge in [0.2, 0.25) is 0 Å². The lowest BCUT2D eigenvalue weighted by molar-refractivity contribution is 0.850. The Bertz CT molecular complexity index is 433. The van der Waals surface area contributed by atoms with E-state index in [1.165, 1.54) is 12.8 Å². The molecule has 1 fully saturated rings. The predicted octanol–water partition coefficient (Wildman–Crippen LogP) is 1.75. The van der Waals surface area contributed by atoms with Crippen LogP contribution in [0.2, 0.25) is 0 Å². The summed E-state index contributed by atoms with van der Waals surface area (Å²) in [5.41, 5.74) is 0. The number of rotatable bonds is 5. The van der Waals surface area contributed by atoms with Gasteiger partial charge < -0.3 is 10.2 Å². The topological polar surface area (TPSA) is 64.8 Å². The fourth-order valence-electron chi connectivity index (χ4n) is 1.63. The highest BCUT2D eigenvalue weighted by Gasteiger charge is 2.27. The first-order valence-electron chi connectivity index (χ1n) is 5.89. The van der Waals surface area contributed by atoms with Gasteiger partial charge in [-0.2, -0.15) is 5.26 Å². The number of hydrogen-bond donors (Lipinski definition) is 1. The zero-order valence-corrected chi connectivity index (χ0v) is 10.3. The second kappa shape index (κ2) is 5.00. The first-order chi connectivity index (χ1) is 8.24. The van der Waals surface area contributed by atoms with Crippen LogP contribution in [0.4, 0.5) is 11.6 Å². The smallest absolute Gasteiger partial charge is 0.136 e. The molecule has 0 spiro atoms. The van der Waals surface area contributed by atoms with Crippen molar-refractivity contribution in [3.63, 3.8) is 0 Å². The van der Waals surface area contributed by atoms with Crippen LogP contribution < -0.4 is 10.2 Å². The summed E-state index contributed by atoms with van der Waals surface area (Å²) in [5, 5.41) is 11.7. The number of anilines is 2. The van der Waals surface area contributed by atoms with Crippen LogP contribution >= 0.6 is 0 Å². The lowest BCUT2D eigenvalue weighted by atomic mass is 10.3. The van der Waals surface area contributed by atoms with Crippen molar-refractivity contribution < 1.29 is 0 Å². The van der Waals surface area contributed by atoms with Crippen molar-refractivity contribution in [2.75, 3.05) is 30.9 Å². The van der Waals surface area contributed by atoms with E-state index < -0.39 is 0 Å². The number of nitrogens with one attached hydrogen (secondary N) is 1. The van der Waals surface area contributed by atoms with Crippen LogP contribution in [-0.2, 0) is 0 Å². The van der Waals surface area contributed by atoms with E-state index in [0.717, 1.165) is 17.5 Å². The zero-order chi connectivity index (χ0) is 12.3. The number of nitrogens with zero attached hydrogens (tertiary/aromatic N) is 4.